The second-order valence-corrected chi connectivity index (χ2v) is 7.60. The van der Waals surface area contributed by atoms with Crippen molar-refractivity contribution in [3.8, 4) is 0 Å². The summed E-state index contributed by atoms with van der Waals surface area (Å²) < 4.78 is 0. The van der Waals surface area contributed by atoms with Crippen LogP contribution >= 0.6 is 0 Å². The molecule has 0 aliphatic heterocycles. The number of benzene rings is 1. The van der Waals surface area contributed by atoms with E-state index in [1.165, 1.54) is 0 Å². The van der Waals surface area contributed by atoms with E-state index in [2.05, 4.69) is 17.1 Å². The first kappa shape index (κ1) is 21.9. The molecule has 0 radical (unpaired) electrons. The summed E-state index contributed by atoms with van der Waals surface area (Å²) >= 11 is 0. The third kappa shape index (κ3) is 5.71. The number of anilines is 1. The van der Waals surface area contributed by atoms with Gasteiger partial charge in [0.15, 0.2) is 0 Å². The van der Waals surface area contributed by atoms with Crippen molar-refractivity contribution in [3.63, 3.8) is 0 Å². The van der Waals surface area contributed by atoms with Gasteiger partial charge in [-0.3, -0.25) is 9.69 Å². The quantitative estimate of drug-likeness (QED) is 0.691. The molecule has 0 fully saturated rings. The van der Waals surface area contributed by atoms with E-state index in [9.17, 15) is 19.8 Å². The molecule has 7 nitrogen and oxygen atoms in total. The van der Waals surface area contributed by atoms with Gasteiger partial charge in [0.25, 0.3) is 0 Å². The molecule has 0 unspecified atom stereocenters. The van der Waals surface area contributed by atoms with Gasteiger partial charge in [-0.05, 0) is 59.5 Å². The standard InChI is InChI=1S/C19H31N3O4/c1-13(21(5)6)14-7-9-15(10-8-14)20-17(24)16(11-12-23)22(18(25)26)19(2,3)4/h7-10,13,16,23H,11-12H2,1-6H3,(H,20,24)(H,25,26)/t13-,16-/m0/s1. The van der Waals surface area contributed by atoms with Gasteiger partial charge in [0, 0.05) is 30.3 Å². The fourth-order valence-electron chi connectivity index (χ4n) is 2.76. The lowest BCUT2D eigenvalue weighted by molar-refractivity contribution is -0.123. The summed E-state index contributed by atoms with van der Waals surface area (Å²) in [4.78, 5) is 27.5. The fraction of sp³-hybridized carbons (Fsp3) is 0.579. The minimum Gasteiger partial charge on any atom is -0.465 e. The molecule has 0 spiro atoms. The van der Waals surface area contributed by atoms with Crippen molar-refractivity contribution >= 4 is 17.7 Å². The zero-order valence-corrected chi connectivity index (χ0v) is 16.5. The van der Waals surface area contributed by atoms with Gasteiger partial charge < -0.3 is 20.4 Å². The van der Waals surface area contributed by atoms with Crippen LogP contribution in [0.15, 0.2) is 24.3 Å². The maximum Gasteiger partial charge on any atom is 0.408 e. The van der Waals surface area contributed by atoms with Crippen molar-refractivity contribution in [3.05, 3.63) is 29.8 Å². The summed E-state index contributed by atoms with van der Waals surface area (Å²) in [5, 5.41) is 21.6. The summed E-state index contributed by atoms with van der Waals surface area (Å²) in [6, 6.07) is 6.72. The summed E-state index contributed by atoms with van der Waals surface area (Å²) in [5.41, 5.74) is 0.933. The minimum atomic E-state index is -1.19. The van der Waals surface area contributed by atoms with E-state index in [1.807, 2.05) is 26.2 Å². The zero-order chi connectivity index (χ0) is 20.1. The molecule has 26 heavy (non-hydrogen) atoms. The fourth-order valence-corrected chi connectivity index (χ4v) is 2.76. The molecule has 2 amide bonds. The van der Waals surface area contributed by atoms with E-state index < -0.39 is 23.6 Å². The van der Waals surface area contributed by atoms with Crippen molar-refractivity contribution in [2.75, 3.05) is 26.0 Å². The first-order chi connectivity index (χ1) is 12.0. The van der Waals surface area contributed by atoms with Crippen molar-refractivity contribution in [1.82, 2.24) is 9.80 Å². The first-order valence-electron chi connectivity index (χ1n) is 8.69. The molecule has 0 aliphatic rings. The highest BCUT2D eigenvalue weighted by atomic mass is 16.4. The van der Waals surface area contributed by atoms with Gasteiger partial charge in [-0.1, -0.05) is 12.1 Å². The Hall–Kier alpha value is -2.12. The Morgan fingerprint density at radius 3 is 2.08 bits per heavy atom. The number of nitrogens with zero attached hydrogens (tertiary/aromatic N) is 2. The summed E-state index contributed by atoms with van der Waals surface area (Å²) in [6.45, 7) is 6.96. The molecule has 7 heteroatoms. The molecule has 0 heterocycles. The van der Waals surface area contributed by atoms with Crippen LogP contribution in [-0.4, -0.2) is 64.3 Å². The van der Waals surface area contributed by atoms with Gasteiger partial charge in [0.1, 0.15) is 6.04 Å². The van der Waals surface area contributed by atoms with E-state index >= 15 is 0 Å². The normalized spacial score (nSPS) is 14.0. The van der Waals surface area contributed by atoms with Crippen LogP contribution in [0, 0.1) is 0 Å². The molecule has 0 aromatic heterocycles. The molecule has 0 saturated carbocycles. The molecule has 1 aromatic rings. The predicted molar refractivity (Wildman–Crippen MR) is 102 cm³/mol. The number of carboxylic acid groups (broad SMARTS) is 1. The van der Waals surface area contributed by atoms with Gasteiger partial charge in [-0.15, -0.1) is 0 Å². The Kier molecular flexibility index (Phi) is 7.59. The van der Waals surface area contributed by atoms with Crippen LogP contribution in [0.25, 0.3) is 0 Å². The van der Waals surface area contributed by atoms with Gasteiger partial charge in [-0.2, -0.15) is 0 Å². The largest absolute Gasteiger partial charge is 0.465 e. The number of nitrogens with one attached hydrogen (secondary N) is 1. The van der Waals surface area contributed by atoms with Gasteiger partial charge in [-0.25, -0.2) is 4.79 Å². The number of carbonyl (C=O) groups is 2. The summed E-state index contributed by atoms with van der Waals surface area (Å²) in [6.07, 6.45) is -1.16. The molecule has 1 rings (SSSR count). The van der Waals surface area contributed by atoms with Crippen molar-refractivity contribution in [2.45, 2.75) is 51.7 Å². The van der Waals surface area contributed by atoms with Crippen LogP contribution in [0.3, 0.4) is 0 Å². The summed E-state index contributed by atoms with van der Waals surface area (Å²) in [5.74, 6) is -0.454. The number of hydrogen-bond donors (Lipinski definition) is 3. The smallest absolute Gasteiger partial charge is 0.408 e. The first-order valence-corrected chi connectivity index (χ1v) is 8.69. The Bertz CT molecular complexity index is 608. The number of hydrogen-bond acceptors (Lipinski definition) is 4. The van der Waals surface area contributed by atoms with E-state index in [4.69, 9.17) is 0 Å². The molecule has 0 saturated heterocycles. The lowest BCUT2D eigenvalue weighted by Gasteiger charge is -2.38. The van der Waals surface area contributed by atoms with Crippen molar-refractivity contribution < 1.29 is 19.8 Å². The lowest BCUT2D eigenvalue weighted by atomic mass is 10.0. The Morgan fingerprint density at radius 1 is 1.15 bits per heavy atom. The van der Waals surface area contributed by atoms with Gasteiger partial charge >= 0.3 is 6.09 Å². The van der Waals surface area contributed by atoms with Gasteiger partial charge in [0.2, 0.25) is 5.91 Å². The molecule has 146 valence electrons. The van der Waals surface area contributed by atoms with Gasteiger partial charge in [0.05, 0.1) is 0 Å². The monoisotopic (exact) mass is 365 g/mol. The number of carbonyl (C=O) groups excluding carboxylic acids is 1. The third-order valence-corrected chi connectivity index (χ3v) is 4.38. The van der Waals surface area contributed by atoms with Crippen molar-refractivity contribution in [1.29, 1.82) is 0 Å². The van der Waals surface area contributed by atoms with E-state index in [0.717, 1.165) is 10.5 Å². The average molecular weight is 365 g/mol. The molecule has 3 N–H and O–H groups in total. The molecule has 0 aliphatic carbocycles. The highest BCUT2D eigenvalue weighted by Crippen LogP contribution is 2.22. The topological polar surface area (TPSA) is 93.1 Å². The summed E-state index contributed by atoms with van der Waals surface area (Å²) in [7, 11) is 3.99. The molecular weight excluding hydrogens is 334 g/mol. The van der Waals surface area contributed by atoms with Crippen LogP contribution in [0.2, 0.25) is 0 Å². The van der Waals surface area contributed by atoms with E-state index in [0.29, 0.717) is 5.69 Å². The van der Waals surface area contributed by atoms with Crippen LogP contribution < -0.4 is 5.32 Å². The average Bonchev–Trinajstić information content (AvgIpc) is 2.52. The third-order valence-electron chi connectivity index (χ3n) is 4.38. The minimum absolute atomic E-state index is 0.0329. The van der Waals surface area contributed by atoms with E-state index in [-0.39, 0.29) is 19.1 Å². The van der Waals surface area contributed by atoms with Crippen LogP contribution in [0.5, 0.6) is 0 Å². The number of aliphatic hydroxyl groups excluding tert-OH is 1. The van der Waals surface area contributed by atoms with Crippen LogP contribution in [0.4, 0.5) is 10.5 Å². The highest BCUT2D eigenvalue weighted by molar-refractivity contribution is 5.96. The molecule has 2 atom stereocenters. The number of amides is 2. The zero-order valence-electron chi connectivity index (χ0n) is 16.5. The SMILES string of the molecule is C[C@@H](c1ccc(NC(=O)[C@H](CCO)N(C(=O)O)C(C)(C)C)cc1)N(C)C. The molecule has 1 aromatic carbocycles. The Balaban J connectivity index is 2.99. The van der Waals surface area contributed by atoms with Crippen LogP contribution in [-0.2, 0) is 4.79 Å². The lowest BCUT2D eigenvalue weighted by Crippen LogP contribution is -2.55. The maximum absolute atomic E-state index is 12.7. The highest BCUT2D eigenvalue weighted by Gasteiger charge is 2.37. The molecule has 0 bridgehead atoms. The van der Waals surface area contributed by atoms with Crippen molar-refractivity contribution in [2.24, 2.45) is 0 Å². The second-order valence-electron chi connectivity index (χ2n) is 7.60. The Morgan fingerprint density at radius 2 is 1.69 bits per heavy atom. The van der Waals surface area contributed by atoms with E-state index in [1.54, 1.807) is 32.9 Å². The predicted octanol–water partition coefficient (Wildman–Crippen LogP) is 2.78. The number of aliphatic hydroxyl groups is 1. The molecular formula is C19H31N3O4. The van der Waals surface area contributed by atoms with Crippen LogP contribution in [0.1, 0.15) is 45.7 Å². The number of rotatable bonds is 7. The maximum atomic E-state index is 12.7. The second kappa shape index (κ2) is 9.00. The Labute approximate surface area is 155 Å².